The van der Waals surface area contributed by atoms with E-state index >= 15 is 0 Å². The van der Waals surface area contributed by atoms with E-state index in [0.29, 0.717) is 36.7 Å². The molecule has 3 aliphatic heterocycles. The molecule has 254 valence electrons. The molecule has 0 aromatic carbocycles. The molecule has 47 heavy (non-hydrogen) atoms. The lowest BCUT2D eigenvalue weighted by Crippen LogP contribution is -2.56. The van der Waals surface area contributed by atoms with Gasteiger partial charge in [-0.3, -0.25) is 4.79 Å². The first-order valence-corrected chi connectivity index (χ1v) is 18.8. The van der Waals surface area contributed by atoms with E-state index in [1.54, 1.807) is 7.05 Å². The Morgan fingerprint density at radius 1 is 1.06 bits per heavy atom. The Hall–Kier alpha value is -2.36. The van der Waals surface area contributed by atoms with E-state index in [-0.39, 0.29) is 23.4 Å². The number of piperidine rings is 1. The highest BCUT2D eigenvalue weighted by Crippen LogP contribution is 2.57. The maximum Gasteiger partial charge on any atom is 0.242 e. The number of nitrogens with zero attached hydrogens (tertiary/aromatic N) is 7. The number of likely N-dealkylation sites (N-methyl/N-ethyl adjacent to an activating group) is 2. The second kappa shape index (κ2) is 12.2. The number of aromatic nitrogens is 5. The van der Waals surface area contributed by atoms with Crippen LogP contribution in [0.3, 0.4) is 0 Å². The molecule has 2 aliphatic carbocycles. The molecule has 13 heteroatoms. The van der Waals surface area contributed by atoms with Crippen molar-refractivity contribution < 1.29 is 18.8 Å². The maximum absolute atomic E-state index is 13.3. The fourth-order valence-electron chi connectivity index (χ4n) is 9.58. The monoisotopic (exact) mass is 758 g/mol. The molecule has 3 aromatic heterocycles. The molecule has 2 spiro atoms. The molecule has 0 radical (unpaired) electrons. The van der Waals surface area contributed by atoms with Gasteiger partial charge in [-0.25, -0.2) is 14.6 Å². The van der Waals surface area contributed by atoms with Crippen LogP contribution >= 0.6 is 22.6 Å². The van der Waals surface area contributed by atoms with Crippen molar-refractivity contribution in [1.29, 1.82) is 0 Å². The predicted molar refractivity (Wildman–Crippen MR) is 185 cm³/mol. The number of carbonyl (C=O) groups excluding carboxylic acids is 1. The van der Waals surface area contributed by atoms with E-state index in [4.69, 9.17) is 34.2 Å². The van der Waals surface area contributed by atoms with E-state index in [1.165, 1.54) is 6.42 Å². The van der Waals surface area contributed by atoms with Crippen molar-refractivity contribution in [1.82, 2.24) is 35.1 Å². The molecular weight excluding hydrogens is 711 g/mol. The van der Waals surface area contributed by atoms with Crippen LogP contribution in [-0.2, 0) is 26.1 Å². The van der Waals surface area contributed by atoms with Crippen LogP contribution < -0.4 is 10.2 Å². The van der Waals surface area contributed by atoms with Gasteiger partial charge in [0.1, 0.15) is 15.6 Å². The summed E-state index contributed by atoms with van der Waals surface area (Å²) in [6, 6.07) is 0.137. The van der Waals surface area contributed by atoms with Gasteiger partial charge in [-0.15, -0.1) is 0 Å². The van der Waals surface area contributed by atoms with Crippen molar-refractivity contribution in [3.8, 4) is 11.5 Å². The van der Waals surface area contributed by atoms with Gasteiger partial charge in [0.15, 0.2) is 28.7 Å². The van der Waals surface area contributed by atoms with Crippen LogP contribution in [0.15, 0.2) is 4.52 Å². The summed E-state index contributed by atoms with van der Waals surface area (Å²) in [7, 11) is 3.92. The molecule has 5 atom stereocenters. The number of rotatable bonds is 5. The SMILES string of the molecule is CNC(=O)[C@H]1CCC(C)CN1c1nc(-c2noc3c2CCC[C@@]32CCCCC23OCCO3)nc2c1c(I)nn2[C@@H](C)[C@@H]1CCCN1C. The molecule has 0 bridgehead atoms. The number of nitrogens with one attached hydrogen (secondary N) is 1. The van der Waals surface area contributed by atoms with Crippen LogP contribution in [0.5, 0.6) is 0 Å². The average molecular weight is 759 g/mol. The number of hydrogen-bond acceptors (Lipinski definition) is 10. The first-order chi connectivity index (χ1) is 22.8. The van der Waals surface area contributed by atoms with Gasteiger partial charge >= 0.3 is 0 Å². The highest BCUT2D eigenvalue weighted by Gasteiger charge is 2.61. The first-order valence-electron chi connectivity index (χ1n) is 17.7. The van der Waals surface area contributed by atoms with E-state index in [2.05, 4.69) is 63.3 Å². The van der Waals surface area contributed by atoms with Crippen LogP contribution in [0.25, 0.3) is 22.6 Å². The molecule has 5 aliphatic rings. The number of ether oxygens (including phenoxy) is 2. The van der Waals surface area contributed by atoms with Crippen molar-refractivity contribution in [2.45, 2.75) is 114 Å². The van der Waals surface area contributed by atoms with E-state index < -0.39 is 5.79 Å². The van der Waals surface area contributed by atoms with Gasteiger partial charge in [-0.05, 0) is 107 Å². The lowest BCUT2D eigenvalue weighted by molar-refractivity contribution is -0.235. The third-order valence-electron chi connectivity index (χ3n) is 12.0. The summed E-state index contributed by atoms with van der Waals surface area (Å²) in [5.74, 6) is 1.95. The maximum atomic E-state index is 13.3. The Kier molecular flexibility index (Phi) is 8.28. The molecule has 4 fully saturated rings. The minimum absolute atomic E-state index is 0.00785. The highest BCUT2D eigenvalue weighted by atomic mass is 127. The van der Waals surface area contributed by atoms with Crippen LogP contribution in [0.4, 0.5) is 5.82 Å². The van der Waals surface area contributed by atoms with Gasteiger partial charge in [0, 0.05) is 31.6 Å². The molecule has 12 nitrogen and oxygen atoms in total. The molecule has 6 heterocycles. The van der Waals surface area contributed by atoms with Gasteiger partial charge in [0.05, 0.1) is 30.1 Å². The average Bonchev–Trinajstić information content (AvgIpc) is 3.89. The smallest absolute Gasteiger partial charge is 0.242 e. The number of halogens is 1. The fraction of sp³-hybridized carbons (Fsp3) is 0.735. The minimum atomic E-state index is -0.657. The fourth-order valence-corrected chi connectivity index (χ4v) is 10.3. The number of amides is 1. The zero-order valence-corrected chi connectivity index (χ0v) is 30.2. The molecule has 1 amide bonds. The summed E-state index contributed by atoms with van der Waals surface area (Å²) in [5, 5.41) is 13.7. The van der Waals surface area contributed by atoms with Crippen LogP contribution in [-0.4, -0.2) is 94.0 Å². The molecule has 1 saturated carbocycles. The van der Waals surface area contributed by atoms with E-state index in [9.17, 15) is 4.79 Å². The lowest BCUT2D eigenvalue weighted by Gasteiger charge is -2.50. The Morgan fingerprint density at radius 3 is 2.62 bits per heavy atom. The Bertz CT molecular complexity index is 1670. The number of carbonyl (C=O) groups is 1. The van der Waals surface area contributed by atoms with Crippen molar-refractivity contribution in [3.63, 3.8) is 0 Å². The minimum Gasteiger partial charge on any atom is -0.360 e. The van der Waals surface area contributed by atoms with Gasteiger partial charge in [-0.1, -0.05) is 18.5 Å². The van der Waals surface area contributed by atoms with Crippen LogP contribution in [0, 0.1) is 9.62 Å². The number of anilines is 1. The highest BCUT2D eigenvalue weighted by molar-refractivity contribution is 14.1. The van der Waals surface area contributed by atoms with Gasteiger partial charge in [-0.2, -0.15) is 5.10 Å². The number of fused-ring (bicyclic) bond motifs is 4. The molecule has 8 rings (SSSR count). The molecular formula is C34H47IN8O4. The van der Waals surface area contributed by atoms with Gasteiger partial charge in [0.25, 0.3) is 0 Å². The molecule has 1 N–H and O–H groups in total. The molecule has 3 aromatic rings. The lowest BCUT2D eigenvalue weighted by atomic mass is 9.61. The Labute approximate surface area is 289 Å². The normalized spacial score (nSPS) is 30.0. The largest absolute Gasteiger partial charge is 0.360 e. The molecule has 3 saturated heterocycles. The topological polar surface area (TPSA) is 124 Å². The first kappa shape index (κ1) is 31.9. The van der Waals surface area contributed by atoms with Gasteiger partial charge < -0.3 is 29.1 Å². The third-order valence-corrected chi connectivity index (χ3v) is 12.7. The summed E-state index contributed by atoms with van der Waals surface area (Å²) in [6.45, 7) is 7.52. The summed E-state index contributed by atoms with van der Waals surface area (Å²) < 4.78 is 22.3. The standard InChI is InChI=1S/C34H47IN8O4/c1-20-11-12-24(32(44)36-3)42(19-20)30-25-28(35)39-43(21(2)23-10-8-16-41(23)4)31(25)38-29(37-30)26-22-9-7-14-33(27(22)47-40-26)13-5-6-15-34(33)45-17-18-46-34/h20-21,23-24H,5-19H2,1-4H3,(H,36,44)/t20?,21-,23-,24+,33-/m0/s1. The van der Waals surface area contributed by atoms with E-state index in [1.807, 2.05) is 0 Å². The second-order valence-electron chi connectivity index (χ2n) is 14.6. The zero-order valence-electron chi connectivity index (χ0n) is 28.1. The van der Waals surface area contributed by atoms with Crippen LogP contribution in [0.1, 0.15) is 95.4 Å². The third kappa shape index (κ3) is 4.95. The second-order valence-corrected chi connectivity index (χ2v) is 15.7. The van der Waals surface area contributed by atoms with E-state index in [0.717, 1.165) is 109 Å². The number of likely N-dealkylation sites (tertiary alicyclic amines) is 1. The summed E-state index contributed by atoms with van der Waals surface area (Å²) >= 11 is 2.33. The van der Waals surface area contributed by atoms with Gasteiger partial charge in [0.2, 0.25) is 5.91 Å². The summed E-state index contributed by atoms with van der Waals surface area (Å²) in [5.41, 5.74) is 2.19. The van der Waals surface area contributed by atoms with Crippen molar-refractivity contribution in [2.75, 3.05) is 45.3 Å². The van der Waals surface area contributed by atoms with Crippen molar-refractivity contribution in [2.24, 2.45) is 5.92 Å². The van der Waals surface area contributed by atoms with Crippen molar-refractivity contribution in [3.05, 3.63) is 15.0 Å². The predicted octanol–water partition coefficient (Wildman–Crippen LogP) is 4.98. The van der Waals surface area contributed by atoms with Crippen molar-refractivity contribution >= 4 is 45.3 Å². The summed E-state index contributed by atoms with van der Waals surface area (Å²) in [4.78, 5) is 28.6. The Morgan fingerprint density at radius 2 is 1.85 bits per heavy atom. The zero-order chi connectivity index (χ0) is 32.5. The Balaban J connectivity index is 1.32. The molecule has 1 unspecified atom stereocenters. The number of hydrogen-bond donors (Lipinski definition) is 1. The van der Waals surface area contributed by atoms with Crippen LogP contribution in [0.2, 0.25) is 0 Å². The quantitative estimate of drug-likeness (QED) is 0.357. The summed E-state index contributed by atoms with van der Waals surface area (Å²) in [6.07, 6.45) is 10.8.